The van der Waals surface area contributed by atoms with Crippen molar-refractivity contribution >= 4 is 10.8 Å². The molecule has 60 valence electrons. The van der Waals surface area contributed by atoms with E-state index < -0.39 is 0 Å². The summed E-state index contributed by atoms with van der Waals surface area (Å²) in [5.74, 6) is 0. The lowest BCUT2D eigenvalue weighted by Gasteiger charge is -2.01. The van der Waals surface area contributed by atoms with Crippen LogP contribution in [0.4, 0.5) is 0 Å². The van der Waals surface area contributed by atoms with Gasteiger partial charge in [-0.05, 0) is 17.9 Å². The van der Waals surface area contributed by atoms with Gasteiger partial charge in [0.25, 0.3) is 0 Å². The summed E-state index contributed by atoms with van der Waals surface area (Å²) in [7, 11) is 0. The molecule has 1 aromatic carbocycles. The van der Waals surface area contributed by atoms with E-state index in [1.165, 1.54) is 16.5 Å². The van der Waals surface area contributed by atoms with Crippen LogP contribution in [0.2, 0.25) is 0 Å². The minimum Gasteiger partial charge on any atom is -0.261 e. The molecule has 12 heavy (non-hydrogen) atoms. The van der Waals surface area contributed by atoms with Crippen LogP contribution in [0.25, 0.3) is 10.8 Å². The highest BCUT2D eigenvalue weighted by Crippen LogP contribution is 2.15. The normalized spacial score (nSPS) is 10.4. The van der Waals surface area contributed by atoms with Crippen LogP contribution in [-0.2, 0) is 6.42 Å². The largest absolute Gasteiger partial charge is 0.261 e. The fourth-order valence-corrected chi connectivity index (χ4v) is 1.46. The van der Waals surface area contributed by atoms with Crippen LogP contribution in [0.15, 0.2) is 36.5 Å². The Morgan fingerprint density at radius 1 is 1.17 bits per heavy atom. The second kappa shape index (κ2) is 2.94. The maximum atomic E-state index is 4.33. The van der Waals surface area contributed by atoms with Crippen LogP contribution in [0, 0.1) is 0 Å². The zero-order chi connectivity index (χ0) is 8.39. The smallest absolute Gasteiger partial charge is 0.0479 e. The van der Waals surface area contributed by atoms with Crippen LogP contribution < -0.4 is 0 Å². The molecule has 0 bridgehead atoms. The van der Waals surface area contributed by atoms with Crippen molar-refractivity contribution < 1.29 is 0 Å². The second-order valence-corrected chi connectivity index (χ2v) is 2.83. The summed E-state index contributed by atoms with van der Waals surface area (Å²) in [5, 5.41) is 2.56. The first-order valence-corrected chi connectivity index (χ1v) is 4.24. The standard InChI is InChI=1S/C11H11N/c1-2-11-10-6-4-3-5-9(10)7-8-12-11/h3-8H,2H2,1H3. The van der Waals surface area contributed by atoms with Crippen molar-refractivity contribution in [3.8, 4) is 0 Å². The average molecular weight is 157 g/mol. The number of nitrogens with zero attached hydrogens (tertiary/aromatic N) is 1. The van der Waals surface area contributed by atoms with E-state index in [9.17, 15) is 0 Å². The van der Waals surface area contributed by atoms with Crippen molar-refractivity contribution in [3.63, 3.8) is 0 Å². The Morgan fingerprint density at radius 3 is 2.83 bits per heavy atom. The summed E-state index contributed by atoms with van der Waals surface area (Å²) in [4.78, 5) is 4.33. The van der Waals surface area contributed by atoms with Gasteiger partial charge < -0.3 is 0 Å². The summed E-state index contributed by atoms with van der Waals surface area (Å²) in [5.41, 5.74) is 1.19. The minimum atomic E-state index is 1.00. The molecule has 0 atom stereocenters. The van der Waals surface area contributed by atoms with Crippen molar-refractivity contribution in [1.82, 2.24) is 4.98 Å². The molecule has 0 aliphatic rings. The van der Waals surface area contributed by atoms with Crippen LogP contribution in [0.5, 0.6) is 0 Å². The third kappa shape index (κ3) is 1.07. The summed E-state index contributed by atoms with van der Waals surface area (Å²) in [6, 6.07) is 10.4. The number of fused-ring (bicyclic) bond motifs is 1. The predicted molar refractivity (Wildman–Crippen MR) is 51.1 cm³/mol. The van der Waals surface area contributed by atoms with Crippen molar-refractivity contribution in [2.24, 2.45) is 0 Å². The first-order chi connectivity index (χ1) is 5.92. The van der Waals surface area contributed by atoms with E-state index in [1.54, 1.807) is 0 Å². The quantitative estimate of drug-likeness (QED) is 0.620. The van der Waals surface area contributed by atoms with E-state index in [0.29, 0.717) is 0 Å². The molecule has 0 aliphatic carbocycles. The lowest BCUT2D eigenvalue weighted by molar-refractivity contribution is 1.06. The maximum absolute atomic E-state index is 4.33. The Balaban J connectivity index is 2.79. The number of rotatable bonds is 1. The van der Waals surface area contributed by atoms with Gasteiger partial charge in [-0.25, -0.2) is 0 Å². The van der Waals surface area contributed by atoms with E-state index >= 15 is 0 Å². The molecule has 0 radical (unpaired) electrons. The van der Waals surface area contributed by atoms with Crippen molar-refractivity contribution in [3.05, 3.63) is 42.2 Å². The number of hydrogen-bond acceptors (Lipinski definition) is 1. The molecule has 0 fully saturated rings. The van der Waals surface area contributed by atoms with E-state index in [-0.39, 0.29) is 0 Å². The van der Waals surface area contributed by atoms with E-state index in [4.69, 9.17) is 0 Å². The van der Waals surface area contributed by atoms with Gasteiger partial charge in [-0.1, -0.05) is 31.2 Å². The first-order valence-electron chi connectivity index (χ1n) is 4.24. The number of pyridine rings is 1. The fraction of sp³-hybridized carbons (Fsp3) is 0.182. The molecule has 0 spiro atoms. The van der Waals surface area contributed by atoms with Crippen LogP contribution in [0.1, 0.15) is 12.6 Å². The van der Waals surface area contributed by atoms with Gasteiger partial charge in [0.1, 0.15) is 0 Å². The molecule has 0 aliphatic heterocycles. The second-order valence-electron chi connectivity index (χ2n) is 2.83. The lowest BCUT2D eigenvalue weighted by Crippen LogP contribution is -1.87. The van der Waals surface area contributed by atoms with Gasteiger partial charge in [-0.3, -0.25) is 4.98 Å². The van der Waals surface area contributed by atoms with Crippen LogP contribution >= 0.6 is 0 Å². The molecule has 1 nitrogen and oxygen atoms in total. The molecule has 0 amide bonds. The third-order valence-electron chi connectivity index (χ3n) is 2.09. The zero-order valence-electron chi connectivity index (χ0n) is 7.12. The Kier molecular flexibility index (Phi) is 1.78. The Hall–Kier alpha value is -1.37. The predicted octanol–water partition coefficient (Wildman–Crippen LogP) is 2.80. The molecule has 1 aromatic heterocycles. The number of aryl methyl sites for hydroxylation is 1. The third-order valence-corrected chi connectivity index (χ3v) is 2.09. The van der Waals surface area contributed by atoms with Crippen molar-refractivity contribution in [2.75, 3.05) is 0 Å². The minimum absolute atomic E-state index is 1.00. The first kappa shape index (κ1) is 7.29. The molecule has 1 heterocycles. The molecule has 2 aromatic rings. The van der Waals surface area contributed by atoms with Gasteiger partial charge in [-0.15, -0.1) is 0 Å². The molecule has 1 heteroatoms. The Labute approximate surface area is 72.1 Å². The average Bonchev–Trinajstić information content (AvgIpc) is 2.17. The number of benzene rings is 1. The molecule has 0 saturated heterocycles. The highest BCUT2D eigenvalue weighted by atomic mass is 14.7. The van der Waals surface area contributed by atoms with Gasteiger partial charge in [0.05, 0.1) is 0 Å². The lowest BCUT2D eigenvalue weighted by atomic mass is 10.1. The van der Waals surface area contributed by atoms with E-state index in [0.717, 1.165) is 6.42 Å². The van der Waals surface area contributed by atoms with Crippen LogP contribution in [-0.4, -0.2) is 4.98 Å². The molecule has 2 rings (SSSR count). The molecule has 0 unspecified atom stereocenters. The Morgan fingerprint density at radius 2 is 2.00 bits per heavy atom. The summed E-state index contributed by atoms with van der Waals surface area (Å²) in [6.07, 6.45) is 2.88. The summed E-state index contributed by atoms with van der Waals surface area (Å²) < 4.78 is 0. The topological polar surface area (TPSA) is 12.9 Å². The molecular weight excluding hydrogens is 146 g/mol. The Bertz CT molecular complexity index is 388. The maximum Gasteiger partial charge on any atom is 0.0479 e. The molecule has 0 saturated carbocycles. The molecular formula is C11H11N. The monoisotopic (exact) mass is 157 g/mol. The van der Waals surface area contributed by atoms with Gasteiger partial charge in [-0.2, -0.15) is 0 Å². The van der Waals surface area contributed by atoms with Gasteiger partial charge in [0.15, 0.2) is 0 Å². The van der Waals surface area contributed by atoms with Crippen LogP contribution in [0.3, 0.4) is 0 Å². The van der Waals surface area contributed by atoms with E-state index in [1.807, 2.05) is 6.20 Å². The van der Waals surface area contributed by atoms with Gasteiger partial charge >= 0.3 is 0 Å². The van der Waals surface area contributed by atoms with Gasteiger partial charge in [0.2, 0.25) is 0 Å². The number of hydrogen-bond donors (Lipinski definition) is 0. The van der Waals surface area contributed by atoms with Crippen molar-refractivity contribution in [2.45, 2.75) is 13.3 Å². The van der Waals surface area contributed by atoms with Crippen molar-refractivity contribution in [1.29, 1.82) is 0 Å². The summed E-state index contributed by atoms with van der Waals surface area (Å²) >= 11 is 0. The fourth-order valence-electron chi connectivity index (χ4n) is 1.46. The SMILES string of the molecule is CCc1nccc2ccccc12. The highest BCUT2D eigenvalue weighted by Gasteiger charge is 1.97. The van der Waals surface area contributed by atoms with E-state index in [2.05, 4.69) is 42.2 Å². The highest BCUT2D eigenvalue weighted by molar-refractivity contribution is 5.84. The number of aromatic nitrogens is 1. The van der Waals surface area contributed by atoms with Gasteiger partial charge in [0, 0.05) is 17.3 Å². The summed E-state index contributed by atoms with van der Waals surface area (Å²) in [6.45, 7) is 2.13. The molecule has 0 N–H and O–H groups in total. The zero-order valence-corrected chi connectivity index (χ0v) is 7.12.